The molecule has 6 heterocycles. The summed E-state index contributed by atoms with van der Waals surface area (Å²) in [5.74, 6) is -1.26. The number of pyridine rings is 2. The number of aryl methyl sites for hydroxylation is 1. The molecule has 8 rings (SSSR count). The normalized spacial score (nSPS) is 17.4. The van der Waals surface area contributed by atoms with Gasteiger partial charge in [-0.2, -0.15) is 0 Å². The topological polar surface area (TPSA) is 201 Å². The number of H-pyrrole nitrogens is 1. The van der Waals surface area contributed by atoms with Crippen LogP contribution in [-0.4, -0.2) is 114 Å². The molecule has 0 radical (unpaired) electrons. The number of nitrogens with one attached hydrogen (secondary N) is 3. The van der Waals surface area contributed by atoms with Gasteiger partial charge in [0.15, 0.2) is 11.6 Å². The number of aliphatic hydroxyl groups is 1. The predicted molar refractivity (Wildman–Crippen MR) is 243 cm³/mol. The summed E-state index contributed by atoms with van der Waals surface area (Å²) < 4.78 is 43.6. The first-order chi connectivity index (χ1) is 30.5. The third-order valence-corrected chi connectivity index (χ3v) is 14.8. The summed E-state index contributed by atoms with van der Waals surface area (Å²) in [5, 5.41) is 14.0. The Morgan fingerprint density at radius 3 is 2.36 bits per heavy atom. The maximum absolute atomic E-state index is 15.9. The van der Waals surface area contributed by atoms with Crippen LogP contribution in [0.2, 0.25) is 5.02 Å². The van der Waals surface area contributed by atoms with Crippen LogP contribution in [0.1, 0.15) is 67.4 Å². The van der Waals surface area contributed by atoms with E-state index in [4.69, 9.17) is 16.6 Å². The first-order valence-corrected chi connectivity index (χ1v) is 23.2. The largest absolute Gasteiger partial charge is 0.389 e. The molecule has 5 aromatic rings. The minimum atomic E-state index is -3.87. The SMILES string of the molecule is CCC(C)S(=O)(=O)Nc1ccc(C)c(C(=O)c2c[nH]c3ncc(-c4ccc(N5CCN(C(=O)CC6(O)CCN(c7ccc(N8CCC(=O)NC8=O)cc7Cl)CC6)CC5)nc4)cc23)c1F. The van der Waals surface area contributed by atoms with Gasteiger partial charge in [0.1, 0.15) is 11.5 Å². The molecule has 4 amide bonds. The van der Waals surface area contributed by atoms with Gasteiger partial charge < -0.3 is 24.8 Å². The van der Waals surface area contributed by atoms with Crippen LogP contribution in [0.4, 0.5) is 32.1 Å². The highest BCUT2D eigenvalue weighted by atomic mass is 35.5. The molecule has 3 saturated heterocycles. The zero-order valence-corrected chi connectivity index (χ0v) is 37.2. The van der Waals surface area contributed by atoms with Crippen LogP contribution in [0.15, 0.2) is 67.1 Å². The van der Waals surface area contributed by atoms with Crippen molar-refractivity contribution in [2.45, 2.75) is 63.7 Å². The molecule has 64 heavy (non-hydrogen) atoms. The Morgan fingerprint density at radius 1 is 0.953 bits per heavy atom. The average molecular weight is 914 g/mol. The number of urea groups is 1. The van der Waals surface area contributed by atoms with E-state index >= 15 is 4.39 Å². The van der Waals surface area contributed by atoms with Crippen LogP contribution >= 0.6 is 11.6 Å². The number of carbonyl (C=O) groups excluding carboxylic acids is 4. The lowest BCUT2D eigenvalue weighted by molar-refractivity contribution is -0.137. The Morgan fingerprint density at radius 2 is 1.69 bits per heavy atom. The van der Waals surface area contributed by atoms with Crippen LogP contribution in [-0.2, 0) is 19.6 Å². The van der Waals surface area contributed by atoms with E-state index in [-0.39, 0.29) is 48.0 Å². The zero-order chi connectivity index (χ0) is 45.5. The first-order valence-electron chi connectivity index (χ1n) is 21.2. The van der Waals surface area contributed by atoms with Crippen molar-refractivity contribution < 1.29 is 37.1 Å². The number of fused-ring (bicyclic) bond motifs is 1. The van der Waals surface area contributed by atoms with Crippen LogP contribution in [0.3, 0.4) is 0 Å². The van der Waals surface area contributed by atoms with Gasteiger partial charge in [-0.1, -0.05) is 24.6 Å². The van der Waals surface area contributed by atoms with Gasteiger partial charge in [0.25, 0.3) is 0 Å². The second-order valence-electron chi connectivity index (χ2n) is 16.7. The van der Waals surface area contributed by atoms with Crippen LogP contribution in [0, 0.1) is 12.7 Å². The number of piperazine rings is 1. The number of hydrogen-bond acceptors (Lipinski definition) is 11. The van der Waals surface area contributed by atoms with E-state index in [0.29, 0.717) is 91.4 Å². The molecule has 0 aliphatic carbocycles. The molecule has 0 saturated carbocycles. The highest BCUT2D eigenvalue weighted by Crippen LogP contribution is 2.36. The number of nitrogens with zero attached hydrogens (tertiary/aromatic N) is 6. The van der Waals surface area contributed by atoms with E-state index in [1.165, 1.54) is 30.2 Å². The second-order valence-corrected chi connectivity index (χ2v) is 19.2. The molecule has 1 unspecified atom stereocenters. The van der Waals surface area contributed by atoms with E-state index in [1.807, 2.05) is 18.2 Å². The van der Waals surface area contributed by atoms with Gasteiger partial charge in [-0.15, -0.1) is 0 Å². The van der Waals surface area contributed by atoms with Crippen molar-refractivity contribution in [2.24, 2.45) is 0 Å². The van der Waals surface area contributed by atoms with Crippen molar-refractivity contribution >= 4 is 79.2 Å². The summed E-state index contributed by atoms with van der Waals surface area (Å²) in [6.45, 7) is 8.12. The molecule has 336 valence electrons. The summed E-state index contributed by atoms with van der Waals surface area (Å²) in [7, 11) is -3.87. The molecule has 16 nitrogen and oxygen atoms in total. The third kappa shape index (κ3) is 8.99. The Labute approximate surface area is 374 Å². The van der Waals surface area contributed by atoms with Crippen LogP contribution in [0.25, 0.3) is 22.2 Å². The van der Waals surface area contributed by atoms with Gasteiger partial charge in [-0.3, -0.25) is 29.3 Å². The summed E-state index contributed by atoms with van der Waals surface area (Å²) >= 11 is 6.65. The quantitative estimate of drug-likeness (QED) is 0.107. The highest BCUT2D eigenvalue weighted by molar-refractivity contribution is 7.93. The van der Waals surface area contributed by atoms with E-state index in [1.54, 1.807) is 49.3 Å². The maximum Gasteiger partial charge on any atom is 0.328 e. The number of ketones is 1. The number of imide groups is 1. The lowest BCUT2D eigenvalue weighted by Gasteiger charge is -2.41. The zero-order valence-electron chi connectivity index (χ0n) is 35.7. The lowest BCUT2D eigenvalue weighted by atomic mass is 9.87. The van der Waals surface area contributed by atoms with Gasteiger partial charge in [0.05, 0.1) is 39.2 Å². The first kappa shape index (κ1) is 44.5. The predicted octanol–water partition coefficient (Wildman–Crippen LogP) is 6.01. The highest BCUT2D eigenvalue weighted by Gasteiger charge is 2.37. The fourth-order valence-corrected chi connectivity index (χ4v) is 9.78. The fraction of sp³-hybridized carbons (Fsp3) is 0.378. The Bertz CT molecular complexity index is 2750. The number of rotatable bonds is 12. The van der Waals surface area contributed by atoms with Crippen LogP contribution < -0.4 is 24.7 Å². The van der Waals surface area contributed by atoms with E-state index in [0.717, 1.165) is 17.1 Å². The second kappa shape index (κ2) is 17.8. The number of aromatic nitrogens is 3. The smallest absolute Gasteiger partial charge is 0.328 e. The maximum atomic E-state index is 15.9. The van der Waals surface area contributed by atoms with Gasteiger partial charge in [-0.05, 0) is 81.1 Å². The summed E-state index contributed by atoms with van der Waals surface area (Å²) in [6.07, 6.45) is 6.14. The number of hydrogen-bond donors (Lipinski definition) is 4. The number of amides is 4. The molecular weight excluding hydrogens is 865 g/mol. The number of anilines is 4. The molecule has 3 fully saturated rings. The number of piperidine rings is 1. The average Bonchev–Trinajstić information content (AvgIpc) is 3.71. The number of sulfonamides is 1. The van der Waals surface area contributed by atoms with Gasteiger partial charge in [0, 0.05) is 98.6 Å². The van der Waals surface area contributed by atoms with E-state index < -0.39 is 38.5 Å². The molecule has 4 N–H and O–H groups in total. The van der Waals surface area contributed by atoms with Crippen molar-refractivity contribution in [1.82, 2.24) is 25.2 Å². The molecule has 3 aromatic heterocycles. The van der Waals surface area contributed by atoms with Crippen LogP contribution in [0.5, 0.6) is 0 Å². The van der Waals surface area contributed by atoms with Crippen molar-refractivity contribution in [3.05, 3.63) is 94.7 Å². The fourth-order valence-electron chi connectivity index (χ4n) is 8.38. The monoisotopic (exact) mass is 913 g/mol. The number of aromatic amines is 1. The molecule has 1 atom stereocenters. The minimum Gasteiger partial charge on any atom is -0.389 e. The standard InChI is InChI=1S/C45H49ClFN9O7S/c1-4-28(3)64(62,63)52-35-8-5-27(2)40(41(35)47)42(59)33-26-50-43-32(33)21-30(25-49-43)29-6-10-37(48-24-29)54-17-19-55(20-18-54)39(58)23-45(61)12-15-53(16-13-45)36-9-7-31(22-34(36)46)56-14-11-38(57)51-44(56)60/h5-10,21-22,24-26,28,52,61H,4,11-20,23H2,1-3H3,(H,49,50)(H,51,57,60). The van der Waals surface area contributed by atoms with Gasteiger partial charge in [-0.25, -0.2) is 27.6 Å². The summed E-state index contributed by atoms with van der Waals surface area (Å²) in [6, 6.07) is 13.2. The molecular formula is C45H49ClFN9O7S. The Kier molecular flexibility index (Phi) is 12.4. The third-order valence-electron chi connectivity index (χ3n) is 12.6. The molecule has 0 spiro atoms. The van der Waals surface area contributed by atoms with Crippen molar-refractivity contribution in [3.63, 3.8) is 0 Å². The Hall–Kier alpha value is -6.11. The summed E-state index contributed by atoms with van der Waals surface area (Å²) in [4.78, 5) is 70.8. The van der Waals surface area contributed by atoms with Crippen molar-refractivity contribution in [3.8, 4) is 11.1 Å². The van der Waals surface area contributed by atoms with E-state index in [2.05, 4.69) is 29.8 Å². The van der Waals surface area contributed by atoms with E-state index in [9.17, 15) is 32.7 Å². The molecule has 0 bridgehead atoms. The number of halogens is 2. The lowest BCUT2D eigenvalue weighted by Crippen LogP contribution is -2.52. The number of carbonyl (C=O) groups is 4. The molecule has 3 aliphatic heterocycles. The molecule has 3 aliphatic rings. The number of benzene rings is 2. The van der Waals surface area contributed by atoms with Crippen molar-refractivity contribution in [1.29, 1.82) is 0 Å². The Balaban J connectivity index is 0.862. The van der Waals surface area contributed by atoms with Crippen molar-refractivity contribution in [2.75, 3.05) is 65.2 Å². The molecule has 2 aromatic carbocycles. The summed E-state index contributed by atoms with van der Waals surface area (Å²) in [5.41, 5.74) is 2.04. The van der Waals surface area contributed by atoms with Gasteiger partial charge in [0.2, 0.25) is 21.8 Å². The minimum absolute atomic E-state index is 0.0109. The molecule has 19 heteroatoms. The van der Waals surface area contributed by atoms with Gasteiger partial charge >= 0.3 is 6.03 Å².